The Morgan fingerprint density at radius 2 is 1.89 bits per heavy atom. The molecule has 6 rings (SSSR count). The molecule has 4 saturated carbocycles. The van der Waals surface area contributed by atoms with Crippen molar-refractivity contribution >= 4 is 11.5 Å². The second kappa shape index (κ2) is 8.84. The van der Waals surface area contributed by atoms with Gasteiger partial charge in [0, 0.05) is 12.1 Å². The molecular formula is C31H39N3O2. The molecule has 36 heavy (non-hydrogen) atoms. The Morgan fingerprint density at radius 1 is 1.11 bits per heavy atom. The Balaban J connectivity index is 1.31. The van der Waals surface area contributed by atoms with Crippen molar-refractivity contribution in [2.45, 2.75) is 83.3 Å². The van der Waals surface area contributed by atoms with Gasteiger partial charge in [0.05, 0.1) is 24.9 Å². The third kappa shape index (κ3) is 3.93. The molecule has 190 valence electrons. The van der Waals surface area contributed by atoms with Crippen LogP contribution in [0.4, 0.5) is 5.69 Å². The molecule has 0 bridgehead atoms. The number of Topliss-reactive ketones (excluding diaryl/α,β-unsaturated/α-hetero) is 1. The van der Waals surface area contributed by atoms with Crippen LogP contribution in [0.15, 0.2) is 42.7 Å². The first-order chi connectivity index (χ1) is 17.3. The first kappa shape index (κ1) is 23.9. The molecule has 1 aromatic heterocycles. The van der Waals surface area contributed by atoms with E-state index in [1.54, 1.807) is 17.1 Å². The molecule has 5 nitrogen and oxygen atoms in total. The maximum absolute atomic E-state index is 13.8. The van der Waals surface area contributed by atoms with Crippen LogP contribution in [0, 0.1) is 47.5 Å². The van der Waals surface area contributed by atoms with Crippen molar-refractivity contribution in [2.75, 3.05) is 0 Å². The zero-order valence-electron chi connectivity index (χ0n) is 21.6. The molecule has 4 fully saturated rings. The van der Waals surface area contributed by atoms with Crippen LogP contribution in [0.5, 0.6) is 0 Å². The van der Waals surface area contributed by atoms with Gasteiger partial charge in [-0.1, -0.05) is 37.3 Å². The Labute approximate surface area is 215 Å². The number of rotatable bonds is 4. The minimum absolute atomic E-state index is 0.00152. The lowest BCUT2D eigenvalue weighted by atomic mass is 9.48. The van der Waals surface area contributed by atoms with Gasteiger partial charge in [-0.3, -0.25) is 9.48 Å². The third-order valence-electron chi connectivity index (χ3n) is 10.9. The second-order valence-electron chi connectivity index (χ2n) is 12.9. The van der Waals surface area contributed by atoms with Crippen molar-refractivity contribution in [3.05, 3.63) is 59.7 Å². The lowest BCUT2D eigenvalue weighted by molar-refractivity contribution is -0.133. The topological polar surface area (TPSA) is 59.5 Å². The molecule has 5 heteroatoms. The van der Waals surface area contributed by atoms with Crippen LogP contribution < -0.4 is 0 Å². The number of carbonyl (C=O) groups excluding carboxylic acids is 1. The van der Waals surface area contributed by atoms with Crippen LogP contribution in [0.3, 0.4) is 0 Å². The van der Waals surface area contributed by atoms with Crippen molar-refractivity contribution in [2.24, 2.45) is 40.9 Å². The van der Waals surface area contributed by atoms with Crippen molar-refractivity contribution in [3.63, 3.8) is 0 Å². The molecule has 1 heterocycles. The van der Waals surface area contributed by atoms with Gasteiger partial charge in [-0.05, 0) is 105 Å². The molecule has 4 aliphatic rings. The zero-order valence-corrected chi connectivity index (χ0v) is 21.6. The maximum Gasteiger partial charge on any atom is 0.224 e. The summed E-state index contributed by atoms with van der Waals surface area (Å²) in [7, 11) is 0. The molecule has 0 unspecified atom stereocenters. The van der Waals surface area contributed by atoms with Gasteiger partial charge in [-0.2, -0.15) is 5.10 Å². The zero-order chi connectivity index (χ0) is 25.1. The fraction of sp³-hybridized carbons (Fsp3) is 0.645. The number of aliphatic hydroxyl groups is 1. The van der Waals surface area contributed by atoms with Gasteiger partial charge in [0.25, 0.3) is 0 Å². The predicted molar refractivity (Wildman–Crippen MR) is 139 cm³/mol. The number of hydrogen-bond donors (Lipinski definition) is 1. The molecule has 2 aromatic rings. The minimum Gasteiger partial charge on any atom is -0.390 e. The molecule has 0 radical (unpaired) electrons. The van der Waals surface area contributed by atoms with E-state index in [0.29, 0.717) is 29.4 Å². The fourth-order valence-corrected chi connectivity index (χ4v) is 9.50. The Morgan fingerprint density at radius 3 is 2.64 bits per heavy atom. The first-order valence-corrected chi connectivity index (χ1v) is 14.0. The van der Waals surface area contributed by atoms with Crippen LogP contribution >= 0.6 is 0 Å². The number of hydrogen-bond acceptors (Lipinski definition) is 3. The smallest absolute Gasteiger partial charge is 0.224 e. The first-order valence-electron chi connectivity index (χ1n) is 14.0. The molecule has 0 aliphatic heterocycles. The van der Waals surface area contributed by atoms with E-state index in [1.165, 1.54) is 24.8 Å². The van der Waals surface area contributed by atoms with E-state index in [1.807, 2.05) is 6.92 Å². The van der Waals surface area contributed by atoms with Crippen molar-refractivity contribution < 1.29 is 9.90 Å². The number of nitrogens with zero attached hydrogens (tertiary/aromatic N) is 3. The van der Waals surface area contributed by atoms with Crippen molar-refractivity contribution in [1.82, 2.24) is 9.78 Å². The average Bonchev–Trinajstić information content (AvgIpc) is 3.45. The summed E-state index contributed by atoms with van der Waals surface area (Å²) in [5, 5.41) is 15.1. The van der Waals surface area contributed by atoms with E-state index in [9.17, 15) is 9.90 Å². The van der Waals surface area contributed by atoms with E-state index in [-0.39, 0.29) is 23.7 Å². The van der Waals surface area contributed by atoms with Crippen molar-refractivity contribution in [1.29, 1.82) is 0 Å². The summed E-state index contributed by atoms with van der Waals surface area (Å²) < 4.78 is 1.66. The minimum atomic E-state index is -0.492. The Bertz CT molecular complexity index is 1160. The normalized spacial score (nSPS) is 41.6. The Hall–Kier alpha value is -2.45. The molecule has 0 spiro atoms. The standard InChI is InChI=1S/C31H39N3O2/c1-30(36)13-11-23-21(16-30)9-10-25-24(23)12-14-31(2)27(28(35)19-34-18-22(32-3)17-33-34)15-26(29(25)31)20-7-5-4-6-8-20/h4-8,17-18,21,23-27,29,36H,9-16,19H2,1-2H3/t21-,23+,24-,25-,26+,27-,29-,30-,31-/m1/s1. The van der Waals surface area contributed by atoms with Gasteiger partial charge >= 0.3 is 0 Å². The number of fused-ring (bicyclic) bond motifs is 5. The molecule has 4 aliphatic carbocycles. The number of carbonyl (C=O) groups is 1. The summed E-state index contributed by atoms with van der Waals surface area (Å²) in [5.74, 6) is 4.02. The van der Waals surface area contributed by atoms with Gasteiger partial charge in [0.2, 0.25) is 5.69 Å². The summed E-state index contributed by atoms with van der Waals surface area (Å²) in [6.45, 7) is 11.9. The highest BCUT2D eigenvalue weighted by molar-refractivity contribution is 5.82. The molecule has 0 saturated heterocycles. The second-order valence-corrected chi connectivity index (χ2v) is 12.9. The lowest BCUT2D eigenvalue weighted by Gasteiger charge is -2.57. The van der Waals surface area contributed by atoms with Crippen molar-refractivity contribution in [3.8, 4) is 0 Å². The molecular weight excluding hydrogens is 446 g/mol. The molecule has 1 aromatic carbocycles. The van der Waals surface area contributed by atoms with Crippen LogP contribution in [0.25, 0.3) is 4.85 Å². The number of aromatic nitrogens is 2. The molecule has 0 amide bonds. The molecule has 1 N–H and O–H groups in total. The average molecular weight is 486 g/mol. The number of ketones is 1. The maximum atomic E-state index is 13.8. The summed E-state index contributed by atoms with van der Waals surface area (Å²) in [4.78, 5) is 17.3. The van der Waals surface area contributed by atoms with Gasteiger partial charge < -0.3 is 5.11 Å². The highest BCUT2D eigenvalue weighted by atomic mass is 16.3. The molecule has 9 atom stereocenters. The van der Waals surface area contributed by atoms with Crippen LogP contribution in [-0.2, 0) is 11.3 Å². The number of benzene rings is 1. The monoisotopic (exact) mass is 485 g/mol. The quantitative estimate of drug-likeness (QED) is 0.509. The van der Waals surface area contributed by atoms with Gasteiger partial charge in [-0.25, -0.2) is 4.85 Å². The largest absolute Gasteiger partial charge is 0.390 e. The predicted octanol–water partition coefficient (Wildman–Crippen LogP) is 6.42. The van der Waals surface area contributed by atoms with E-state index in [2.05, 4.69) is 47.2 Å². The van der Waals surface area contributed by atoms with E-state index < -0.39 is 5.60 Å². The lowest BCUT2D eigenvalue weighted by Crippen LogP contribution is -2.51. The van der Waals surface area contributed by atoms with E-state index in [0.717, 1.165) is 43.9 Å². The summed E-state index contributed by atoms with van der Waals surface area (Å²) in [6.07, 6.45) is 12.0. The van der Waals surface area contributed by atoms with Gasteiger partial charge in [-0.15, -0.1) is 0 Å². The van der Waals surface area contributed by atoms with Gasteiger partial charge in [0.1, 0.15) is 0 Å². The third-order valence-corrected chi connectivity index (χ3v) is 10.9. The fourth-order valence-electron chi connectivity index (χ4n) is 9.50. The summed E-state index contributed by atoms with van der Waals surface area (Å²) in [5.41, 5.74) is 1.40. The SMILES string of the molecule is [C-]#[N+]c1cnn(CC(=O)[C@H]2C[C@@H](c3ccccc3)[C@H]3[C@@H]4CC[C@@H]5C[C@](C)(O)CC[C@@H]5[C@H]4CC[C@@]32C)c1. The van der Waals surface area contributed by atoms with Crippen LogP contribution in [0.1, 0.15) is 76.7 Å². The summed E-state index contributed by atoms with van der Waals surface area (Å²) >= 11 is 0. The van der Waals surface area contributed by atoms with E-state index >= 15 is 0 Å². The Kier molecular flexibility index (Phi) is 5.87. The highest BCUT2D eigenvalue weighted by Gasteiger charge is 2.62. The highest BCUT2D eigenvalue weighted by Crippen LogP contribution is 2.68. The van der Waals surface area contributed by atoms with E-state index in [4.69, 9.17) is 6.57 Å². The van der Waals surface area contributed by atoms with Crippen LogP contribution in [-0.4, -0.2) is 26.3 Å². The summed E-state index contributed by atoms with van der Waals surface area (Å²) in [6, 6.07) is 11.0. The van der Waals surface area contributed by atoms with Crippen LogP contribution in [0.2, 0.25) is 0 Å². The van der Waals surface area contributed by atoms with Gasteiger partial charge in [0.15, 0.2) is 5.78 Å².